The molecule has 2 aliphatic carbocycles. The molecule has 1 amide bonds. The quantitative estimate of drug-likeness (QED) is 0.634. The molecule has 0 aromatic rings. The van der Waals surface area contributed by atoms with Crippen molar-refractivity contribution in [2.75, 3.05) is 6.54 Å². The van der Waals surface area contributed by atoms with Crippen LogP contribution in [0, 0.1) is 11.8 Å². The van der Waals surface area contributed by atoms with E-state index in [1.807, 2.05) is 0 Å². The first-order valence-corrected chi connectivity index (χ1v) is 4.79. The van der Waals surface area contributed by atoms with Gasteiger partial charge in [0.15, 0.2) is 0 Å². The third-order valence-corrected chi connectivity index (χ3v) is 2.98. The van der Waals surface area contributed by atoms with Gasteiger partial charge in [-0.05, 0) is 31.1 Å². The largest absolute Gasteiger partial charge is 0.353 e. The van der Waals surface area contributed by atoms with Crippen LogP contribution < -0.4 is 11.1 Å². The van der Waals surface area contributed by atoms with Crippen molar-refractivity contribution in [3.05, 3.63) is 0 Å². The Kier molecular flexibility index (Phi) is 2.05. The molecular formula is C9H16N2O. The van der Waals surface area contributed by atoms with Crippen molar-refractivity contribution in [1.29, 1.82) is 0 Å². The Hall–Kier alpha value is -0.570. The van der Waals surface area contributed by atoms with Gasteiger partial charge in [-0.25, -0.2) is 0 Å². The van der Waals surface area contributed by atoms with Gasteiger partial charge in [-0.1, -0.05) is 0 Å². The molecule has 3 nitrogen and oxygen atoms in total. The number of hydrogen-bond acceptors (Lipinski definition) is 2. The summed E-state index contributed by atoms with van der Waals surface area (Å²) >= 11 is 0. The van der Waals surface area contributed by atoms with Crippen LogP contribution in [0.5, 0.6) is 0 Å². The zero-order chi connectivity index (χ0) is 8.55. The van der Waals surface area contributed by atoms with E-state index in [4.69, 9.17) is 5.73 Å². The minimum Gasteiger partial charge on any atom is -0.353 e. The van der Waals surface area contributed by atoms with Crippen LogP contribution >= 0.6 is 0 Å². The summed E-state index contributed by atoms with van der Waals surface area (Å²) in [4.78, 5) is 11.1. The number of carbonyl (C=O) groups is 1. The Morgan fingerprint density at radius 1 is 1.33 bits per heavy atom. The first-order chi connectivity index (χ1) is 5.79. The van der Waals surface area contributed by atoms with Gasteiger partial charge in [-0.2, -0.15) is 0 Å². The lowest BCUT2D eigenvalue weighted by Crippen LogP contribution is -2.34. The highest BCUT2D eigenvalue weighted by molar-refractivity contribution is 5.76. The Morgan fingerprint density at radius 2 is 2.00 bits per heavy atom. The Balaban J connectivity index is 1.69. The first kappa shape index (κ1) is 8.05. The molecule has 3 heteroatoms. The topological polar surface area (TPSA) is 55.1 Å². The molecule has 2 rings (SSSR count). The second-order valence-corrected chi connectivity index (χ2v) is 4.03. The Morgan fingerprint density at radius 3 is 2.58 bits per heavy atom. The highest BCUT2D eigenvalue weighted by Gasteiger charge is 2.45. The fourth-order valence-electron chi connectivity index (χ4n) is 2.26. The van der Waals surface area contributed by atoms with E-state index in [1.165, 1.54) is 19.3 Å². The van der Waals surface area contributed by atoms with E-state index in [-0.39, 0.29) is 5.91 Å². The van der Waals surface area contributed by atoms with Crippen molar-refractivity contribution >= 4 is 5.91 Å². The molecule has 3 N–H and O–H groups in total. The minimum absolute atomic E-state index is 0.129. The summed E-state index contributed by atoms with van der Waals surface area (Å²) in [5.74, 6) is 2.00. The van der Waals surface area contributed by atoms with E-state index >= 15 is 0 Å². The van der Waals surface area contributed by atoms with Gasteiger partial charge >= 0.3 is 0 Å². The van der Waals surface area contributed by atoms with Crippen LogP contribution in [0.4, 0.5) is 0 Å². The molecule has 0 spiro atoms. The van der Waals surface area contributed by atoms with Crippen LogP contribution in [0.1, 0.15) is 25.7 Å². The monoisotopic (exact) mass is 168 g/mol. The number of nitrogens with one attached hydrogen (secondary N) is 1. The molecule has 0 aromatic carbocycles. The number of carbonyl (C=O) groups excluding carboxylic acids is 1. The van der Waals surface area contributed by atoms with Crippen LogP contribution in [-0.4, -0.2) is 18.5 Å². The average Bonchev–Trinajstić information content (AvgIpc) is 2.60. The number of nitrogens with two attached hydrogens (primary N) is 1. The van der Waals surface area contributed by atoms with Crippen molar-refractivity contribution in [3.63, 3.8) is 0 Å². The first-order valence-electron chi connectivity index (χ1n) is 4.79. The minimum atomic E-state index is 0.129. The summed E-state index contributed by atoms with van der Waals surface area (Å²) in [6, 6.07) is 0.466. The van der Waals surface area contributed by atoms with E-state index in [2.05, 4.69) is 5.32 Å². The normalized spacial score (nSPS) is 37.6. The summed E-state index contributed by atoms with van der Waals surface area (Å²) in [5.41, 5.74) is 5.28. The van der Waals surface area contributed by atoms with Crippen LogP contribution in [0.2, 0.25) is 0 Å². The summed E-state index contributed by atoms with van der Waals surface area (Å²) in [6.45, 7) is 0.464. The summed E-state index contributed by atoms with van der Waals surface area (Å²) < 4.78 is 0. The zero-order valence-electron chi connectivity index (χ0n) is 7.25. The van der Waals surface area contributed by atoms with Crippen molar-refractivity contribution in [2.24, 2.45) is 17.6 Å². The lowest BCUT2D eigenvalue weighted by Gasteiger charge is -2.13. The third-order valence-electron chi connectivity index (χ3n) is 2.98. The van der Waals surface area contributed by atoms with Crippen LogP contribution in [0.15, 0.2) is 0 Å². The Bertz CT molecular complexity index is 183. The maximum atomic E-state index is 11.1. The number of fused-ring (bicyclic) bond motifs is 1. The second-order valence-electron chi connectivity index (χ2n) is 4.03. The second kappa shape index (κ2) is 3.05. The molecule has 2 atom stereocenters. The molecule has 2 fully saturated rings. The van der Waals surface area contributed by atoms with Gasteiger partial charge in [0.25, 0.3) is 0 Å². The van der Waals surface area contributed by atoms with Gasteiger partial charge in [0, 0.05) is 19.0 Å². The van der Waals surface area contributed by atoms with Crippen molar-refractivity contribution < 1.29 is 4.79 Å². The molecule has 0 aliphatic heterocycles. The standard InChI is InChI=1S/C9H16N2O/c10-2-1-9(12)11-8-4-6-3-7(6)5-8/h6-8H,1-5,10H2,(H,11,12). The molecule has 68 valence electrons. The van der Waals surface area contributed by atoms with Gasteiger partial charge in [-0.3, -0.25) is 4.79 Å². The predicted octanol–water partition coefficient (Wildman–Crippen LogP) is 0.250. The van der Waals surface area contributed by atoms with E-state index in [1.54, 1.807) is 0 Å². The number of amides is 1. The molecule has 0 saturated heterocycles. The molecule has 0 radical (unpaired) electrons. The van der Waals surface area contributed by atoms with Crippen LogP contribution in [-0.2, 0) is 4.79 Å². The average molecular weight is 168 g/mol. The number of rotatable bonds is 3. The van der Waals surface area contributed by atoms with Crippen LogP contribution in [0.3, 0.4) is 0 Å². The van der Waals surface area contributed by atoms with Gasteiger partial charge in [0.1, 0.15) is 0 Å². The van der Waals surface area contributed by atoms with Gasteiger partial charge in [0.2, 0.25) is 5.91 Å². The maximum absolute atomic E-state index is 11.1. The van der Waals surface area contributed by atoms with Crippen molar-refractivity contribution in [2.45, 2.75) is 31.7 Å². The summed E-state index contributed by atoms with van der Waals surface area (Å²) in [5, 5.41) is 3.02. The van der Waals surface area contributed by atoms with Crippen molar-refractivity contribution in [1.82, 2.24) is 5.32 Å². The molecule has 0 heterocycles. The molecule has 0 bridgehead atoms. The van der Waals surface area contributed by atoms with Gasteiger partial charge in [0.05, 0.1) is 0 Å². The van der Waals surface area contributed by atoms with E-state index < -0.39 is 0 Å². The van der Waals surface area contributed by atoms with Crippen LogP contribution in [0.25, 0.3) is 0 Å². The Labute approximate surface area is 72.7 Å². The van der Waals surface area contributed by atoms with E-state index in [9.17, 15) is 4.79 Å². The molecule has 2 aliphatic rings. The molecule has 12 heavy (non-hydrogen) atoms. The summed E-state index contributed by atoms with van der Waals surface area (Å²) in [7, 11) is 0. The zero-order valence-corrected chi connectivity index (χ0v) is 7.25. The molecular weight excluding hydrogens is 152 g/mol. The third kappa shape index (κ3) is 1.61. The smallest absolute Gasteiger partial charge is 0.221 e. The molecule has 2 unspecified atom stereocenters. The highest BCUT2D eigenvalue weighted by Crippen LogP contribution is 2.51. The molecule has 0 aromatic heterocycles. The summed E-state index contributed by atoms with van der Waals surface area (Å²) in [6.07, 6.45) is 4.30. The van der Waals surface area contributed by atoms with Gasteiger partial charge in [-0.15, -0.1) is 0 Å². The lowest BCUT2D eigenvalue weighted by molar-refractivity contribution is -0.121. The fraction of sp³-hybridized carbons (Fsp3) is 0.889. The fourth-order valence-corrected chi connectivity index (χ4v) is 2.26. The highest BCUT2D eigenvalue weighted by atomic mass is 16.1. The predicted molar refractivity (Wildman–Crippen MR) is 46.4 cm³/mol. The van der Waals surface area contributed by atoms with E-state index in [0.29, 0.717) is 19.0 Å². The van der Waals surface area contributed by atoms with Gasteiger partial charge < -0.3 is 11.1 Å². The molecule has 2 saturated carbocycles. The van der Waals surface area contributed by atoms with Crippen molar-refractivity contribution in [3.8, 4) is 0 Å². The number of hydrogen-bond donors (Lipinski definition) is 2. The maximum Gasteiger partial charge on any atom is 0.221 e. The van der Waals surface area contributed by atoms with E-state index in [0.717, 1.165) is 11.8 Å². The SMILES string of the molecule is NCCC(=O)NC1CC2CC2C1. The lowest BCUT2D eigenvalue weighted by atomic mass is 10.1.